The molecule has 1 aromatic heterocycles. The highest BCUT2D eigenvalue weighted by Crippen LogP contribution is 2.55. The van der Waals surface area contributed by atoms with Crippen LogP contribution in [-0.4, -0.2) is 47.7 Å². The normalized spacial score (nSPS) is 31.5. The highest BCUT2D eigenvalue weighted by Gasteiger charge is 2.71. The van der Waals surface area contributed by atoms with Gasteiger partial charge in [0.25, 0.3) is 0 Å². The summed E-state index contributed by atoms with van der Waals surface area (Å²) in [5, 5.41) is 11.6. The number of hydrogen-bond donors (Lipinski definition) is 1. The Balaban J connectivity index is 2.02. The van der Waals surface area contributed by atoms with Gasteiger partial charge in [0.05, 0.1) is 18.8 Å². The molecule has 1 N–H and O–H groups in total. The SMILES string of the molecule is COc1c(C)c(C(C)(O)C(OC(C)=O)C(C)=CC(C)=CC2(C)OC(C)C3(C)OC23)oc(=O)c1C. The molecule has 2 aliphatic rings. The fraction of sp³-hybridized carbons (Fsp3) is 0.615. The van der Waals surface area contributed by atoms with E-state index in [-0.39, 0.29) is 23.6 Å². The van der Waals surface area contributed by atoms with Crippen molar-refractivity contribution in [3.8, 4) is 5.75 Å². The first-order valence-corrected chi connectivity index (χ1v) is 11.4. The highest BCUT2D eigenvalue weighted by molar-refractivity contribution is 5.66. The summed E-state index contributed by atoms with van der Waals surface area (Å²) in [5.41, 5.74) is -1.21. The molecule has 0 aromatic carbocycles. The number of methoxy groups -OCH3 is 1. The van der Waals surface area contributed by atoms with Crippen LogP contribution in [0.4, 0.5) is 0 Å². The van der Waals surface area contributed by atoms with Crippen molar-refractivity contribution in [2.24, 2.45) is 0 Å². The van der Waals surface area contributed by atoms with Crippen molar-refractivity contribution in [2.45, 2.75) is 97.4 Å². The average molecular weight is 477 g/mol. The summed E-state index contributed by atoms with van der Waals surface area (Å²) in [4.78, 5) is 24.4. The van der Waals surface area contributed by atoms with E-state index < -0.39 is 28.9 Å². The first-order chi connectivity index (χ1) is 15.6. The number of ether oxygens (including phenoxy) is 4. The lowest BCUT2D eigenvalue weighted by Gasteiger charge is -2.33. The Hall–Kier alpha value is -2.42. The number of esters is 1. The van der Waals surface area contributed by atoms with E-state index in [4.69, 9.17) is 23.4 Å². The summed E-state index contributed by atoms with van der Waals surface area (Å²) in [6.07, 6.45) is 2.60. The van der Waals surface area contributed by atoms with Gasteiger partial charge in [-0.15, -0.1) is 0 Å². The zero-order chi connectivity index (χ0) is 25.8. The van der Waals surface area contributed by atoms with E-state index in [0.717, 1.165) is 5.57 Å². The monoisotopic (exact) mass is 476 g/mol. The number of fused-ring (bicyclic) bond motifs is 1. The number of aliphatic hydroxyl groups is 1. The van der Waals surface area contributed by atoms with Crippen LogP contribution in [0.15, 0.2) is 32.5 Å². The molecule has 8 heteroatoms. The Labute approximate surface area is 200 Å². The van der Waals surface area contributed by atoms with E-state index in [1.807, 2.05) is 39.8 Å². The number of carbonyl (C=O) groups excluding carboxylic acids is 1. The van der Waals surface area contributed by atoms with E-state index in [1.165, 1.54) is 21.0 Å². The van der Waals surface area contributed by atoms with Gasteiger partial charge in [-0.3, -0.25) is 4.79 Å². The van der Waals surface area contributed by atoms with Crippen LogP contribution in [0.3, 0.4) is 0 Å². The molecule has 6 unspecified atom stereocenters. The molecule has 0 spiro atoms. The minimum Gasteiger partial charge on any atom is -0.496 e. The van der Waals surface area contributed by atoms with Crippen molar-refractivity contribution in [1.82, 2.24) is 0 Å². The maximum absolute atomic E-state index is 12.4. The average Bonchev–Trinajstić information content (AvgIpc) is 3.38. The van der Waals surface area contributed by atoms with Crippen LogP contribution in [-0.2, 0) is 24.6 Å². The maximum Gasteiger partial charge on any atom is 0.342 e. The van der Waals surface area contributed by atoms with Crippen LogP contribution < -0.4 is 10.4 Å². The van der Waals surface area contributed by atoms with Gasteiger partial charge in [-0.2, -0.15) is 0 Å². The van der Waals surface area contributed by atoms with Crippen molar-refractivity contribution in [3.05, 3.63) is 50.6 Å². The summed E-state index contributed by atoms with van der Waals surface area (Å²) in [6, 6.07) is 0. The summed E-state index contributed by atoms with van der Waals surface area (Å²) >= 11 is 0. The van der Waals surface area contributed by atoms with Gasteiger partial charge in [0, 0.05) is 12.5 Å². The predicted molar refractivity (Wildman–Crippen MR) is 126 cm³/mol. The highest BCUT2D eigenvalue weighted by atomic mass is 16.7. The predicted octanol–water partition coefficient (Wildman–Crippen LogP) is 3.63. The summed E-state index contributed by atoms with van der Waals surface area (Å²) in [5.74, 6) is -0.290. The topological polar surface area (TPSA) is 108 Å². The van der Waals surface area contributed by atoms with E-state index >= 15 is 0 Å². The minimum atomic E-state index is -1.85. The van der Waals surface area contributed by atoms with Gasteiger partial charge < -0.3 is 28.5 Å². The van der Waals surface area contributed by atoms with Crippen LogP contribution in [0.25, 0.3) is 0 Å². The van der Waals surface area contributed by atoms with Crippen LogP contribution in [0.5, 0.6) is 5.75 Å². The molecule has 2 saturated heterocycles. The molecule has 2 aliphatic heterocycles. The largest absolute Gasteiger partial charge is 0.496 e. The standard InChI is InChI=1S/C26H36O8/c1-13(12-24(7)23-26(9,34-23)17(5)33-24)11-14(2)20(31-18(6)27)25(8,29)21-15(3)19(30-10)16(4)22(28)32-21/h11-12,17,20,23,29H,1-10H3. The maximum atomic E-state index is 12.4. The lowest BCUT2D eigenvalue weighted by Crippen LogP contribution is -2.42. The summed E-state index contributed by atoms with van der Waals surface area (Å²) in [7, 11) is 1.44. The van der Waals surface area contributed by atoms with Crippen LogP contribution in [0.1, 0.15) is 65.4 Å². The van der Waals surface area contributed by atoms with Gasteiger partial charge in [0.2, 0.25) is 0 Å². The molecule has 1 aromatic rings. The van der Waals surface area contributed by atoms with Gasteiger partial charge in [0.1, 0.15) is 28.8 Å². The molecule has 8 nitrogen and oxygen atoms in total. The zero-order valence-electron chi connectivity index (χ0n) is 21.7. The van der Waals surface area contributed by atoms with E-state index in [2.05, 4.69) is 0 Å². The second-order valence-electron chi connectivity index (χ2n) is 10.0. The van der Waals surface area contributed by atoms with Crippen LogP contribution in [0, 0.1) is 13.8 Å². The van der Waals surface area contributed by atoms with Crippen molar-refractivity contribution in [3.63, 3.8) is 0 Å². The zero-order valence-corrected chi connectivity index (χ0v) is 21.7. The molecule has 0 bridgehead atoms. The third-order valence-corrected chi connectivity index (χ3v) is 6.96. The first-order valence-electron chi connectivity index (χ1n) is 11.4. The van der Waals surface area contributed by atoms with Crippen molar-refractivity contribution in [1.29, 1.82) is 0 Å². The van der Waals surface area contributed by atoms with Gasteiger partial charge in [-0.1, -0.05) is 11.6 Å². The Bertz CT molecular complexity index is 1110. The number of carbonyl (C=O) groups is 1. The molecule has 0 saturated carbocycles. The third-order valence-electron chi connectivity index (χ3n) is 6.96. The molecule has 6 atom stereocenters. The minimum absolute atomic E-state index is 0.0253. The molecule has 0 radical (unpaired) electrons. The molecule has 3 heterocycles. The molecule has 3 rings (SSSR count). The van der Waals surface area contributed by atoms with Crippen molar-refractivity contribution >= 4 is 5.97 Å². The smallest absolute Gasteiger partial charge is 0.342 e. The van der Waals surface area contributed by atoms with E-state index in [9.17, 15) is 14.7 Å². The van der Waals surface area contributed by atoms with Gasteiger partial charge in [-0.25, -0.2) is 4.79 Å². The molecule has 0 aliphatic carbocycles. The lowest BCUT2D eigenvalue weighted by molar-refractivity contribution is -0.159. The van der Waals surface area contributed by atoms with Gasteiger partial charge in [-0.05, 0) is 67.0 Å². The molecule has 0 amide bonds. The lowest BCUT2D eigenvalue weighted by atomic mass is 9.86. The Morgan fingerprint density at radius 1 is 1.18 bits per heavy atom. The fourth-order valence-electron chi connectivity index (χ4n) is 5.26. The van der Waals surface area contributed by atoms with Crippen molar-refractivity contribution in [2.75, 3.05) is 7.11 Å². The van der Waals surface area contributed by atoms with Gasteiger partial charge >= 0.3 is 11.6 Å². The molecule has 34 heavy (non-hydrogen) atoms. The quantitative estimate of drug-likeness (QED) is 0.361. The molecule has 188 valence electrons. The molecule has 2 fully saturated rings. The fourth-order valence-corrected chi connectivity index (χ4v) is 5.26. The third kappa shape index (κ3) is 4.34. The number of allylic oxidation sites excluding steroid dienone is 2. The van der Waals surface area contributed by atoms with Crippen LogP contribution >= 0.6 is 0 Å². The van der Waals surface area contributed by atoms with Gasteiger partial charge in [0.15, 0.2) is 11.7 Å². The Morgan fingerprint density at radius 2 is 1.79 bits per heavy atom. The summed E-state index contributed by atoms with van der Waals surface area (Å²) < 4.78 is 28.4. The molecular weight excluding hydrogens is 440 g/mol. The first kappa shape index (κ1) is 26.2. The van der Waals surface area contributed by atoms with E-state index in [1.54, 1.807) is 20.8 Å². The second-order valence-corrected chi connectivity index (χ2v) is 10.0. The van der Waals surface area contributed by atoms with E-state index in [0.29, 0.717) is 22.4 Å². The molecular formula is C26H36O8. The Morgan fingerprint density at radius 3 is 2.26 bits per heavy atom. The summed E-state index contributed by atoms with van der Waals surface area (Å²) in [6.45, 7) is 15.6. The van der Waals surface area contributed by atoms with Crippen molar-refractivity contribution < 1.29 is 33.3 Å². The number of rotatable bonds is 7. The number of hydrogen-bond acceptors (Lipinski definition) is 8. The second kappa shape index (κ2) is 8.66. The Kier molecular flexibility index (Phi) is 6.67. The van der Waals surface area contributed by atoms with Crippen LogP contribution in [0.2, 0.25) is 0 Å². The number of epoxide rings is 1.